The van der Waals surface area contributed by atoms with Crippen LogP contribution in [0.2, 0.25) is 0 Å². The third-order valence-electron chi connectivity index (χ3n) is 5.66. The van der Waals surface area contributed by atoms with Gasteiger partial charge in [0.1, 0.15) is 0 Å². The summed E-state index contributed by atoms with van der Waals surface area (Å²) in [7, 11) is 0. The number of hydrogen-bond acceptors (Lipinski definition) is 2. The van der Waals surface area contributed by atoms with E-state index < -0.39 is 0 Å². The molecule has 1 aliphatic rings. The number of hydrogen-bond donors (Lipinski definition) is 1. The van der Waals surface area contributed by atoms with Gasteiger partial charge < -0.3 is 9.84 Å². The van der Waals surface area contributed by atoms with Gasteiger partial charge in [0.2, 0.25) is 0 Å². The highest BCUT2D eigenvalue weighted by atomic mass is 16.5. The maximum atomic E-state index is 8.65. The molecule has 2 heteroatoms. The number of benzene rings is 1. The van der Waals surface area contributed by atoms with Crippen molar-refractivity contribution < 1.29 is 9.84 Å². The molecule has 1 aromatic carbocycles. The molecule has 0 aromatic heterocycles. The van der Waals surface area contributed by atoms with Crippen LogP contribution >= 0.6 is 0 Å². The number of aryl methyl sites for hydroxylation is 1. The monoisotopic (exact) mass is 504 g/mol. The lowest BCUT2D eigenvalue weighted by Crippen LogP contribution is -2.25. The molecule has 0 spiro atoms. The summed E-state index contributed by atoms with van der Waals surface area (Å²) in [5.41, 5.74) is 7.62. The molecule has 2 nitrogen and oxygen atoms in total. The van der Waals surface area contributed by atoms with E-state index in [4.69, 9.17) is 9.84 Å². The Bertz CT molecular complexity index is 684. The fourth-order valence-electron chi connectivity index (χ4n) is 3.92. The van der Waals surface area contributed by atoms with Crippen LogP contribution in [0.1, 0.15) is 133 Å². The maximum Gasteiger partial charge on any atom is 0.0698 e. The van der Waals surface area contributed by atoms with Gasteiger partial charge in [-0.15, -0.1) is 0 Å². The van der Waals surface area contributed by atoms with Crippen LogP contribution in [0.15, 0.2) is 47.1 Å². The average Bonchev–Trinajstić information content (AvgIpc) is 3.08. The van der Waals surface area contributed by atoms with E-state index in [9.17, 15) is 0 Å². The van der Waals surface area contributed by atoms with Crippen molar-refractivity contribution in [1.29, 1.82) is 0 Å². The minimum atomic E-state index is 0.00285. The van der Waals surface area contributed by atoms with Crippen LogP contribution in [0.3, 0.4) is 0 Å². The Morgan fingerprint density at radius 2 is 1.44 bits per heavy atom. The third kappa shape index (κ3) is 19.8. The summed E-state index contributed by atoms with van der Waals surface area (Å²) in [6.07, 6.45) is 8.94. The zero-order chi connectivity index (χ0) is 28.8. The standard InChI is InChI=1S/C13H20O2.C12H20.C5H12.2C2H6/c1-11-4-6-12(7-5-11)13(2,3)10-15-9-8-14;1-9(2)6-11-8-12(4,5)7-10(11)3;1-3-5-4-2;2*1-2/h4-7,14H,8-10H2,1-3H3;6H,7-8H2,1-5H3;3-5H2,1-2H3;2*1-2H3. The number of rotatable bonds is 8. The van der Waals surface area contributed by atoms with E-state index in [1.165, 1.54) is 48.8 Å². The zero-order valence-electron chi connectivity index (χ0n) is 26.9. The number of ether oxygens (including phenoxy) is 1. The topological polar surface area (TPSA) is 29.5 Å². The van der Waals surface area contributed by atoms with Crippen LogP contribution in [0.25, 0.3) is 0 Å². The molecule has 0 saturated heterocycles. The lowest BCUT2D eigenvalue weighted by molar-refractivity contribution is 0.0642. The van der Waals surface area contributed by atoms with E-state index in [0.717, 1.165) is 0 Å². The molecule has 0 fully saturated rings. The quantitative estimate of drug-likeness (QED) is 0.357. The van der Waals surface area contributed by atoms with Crippen LogP contribution in [-0.2, 0) is 10.2 Å². The van der Waals surface area contributed by atoms with Gasteiger partial charge >= 0.3 is 0 Å². The summed E-state index contributed by atoms with van der Waals surface area (Å²) in [4.78, 5) is 0. The molecule has 0 aliphatic heterocycles. The summed E-state index contributed by atoms with van der Waals surface area (Å²) >= 11 is 0. The summed E-state index contributed by atoms with van der Waals surface area (Å²) < 4.78 is 5.38. The van der Waals surface area contributed by atoms with Gasteiger partial charge in [0.05, 0.1) is 19.8 Å². The summed E-state index contributed by atoms with van der Waals surface area (Å²) in [6.45, 7) is 31.2. The van der Waals surface area contributed by atoms with Crippen molar-refractivity contribution in [3.63, 3.8) is 0 Å². The molecule has 1 aromatic rings. The second-order valence-corrected chi connectivity index (χ2v) is 10.9. The van der Waals surface area contributed by atoms with Gasteiger partial charge in [-0.1, -0.05) is 136 Å². The van der Waals surface area contributed by atoms with Gasteiger partial charge in [-0.05, 0) is 57.1 Å². The summed E-state index contributed by atoms with van der Waals surface area (Å²) in [6, 6.07) is 8.50. The fraction of sp³-hybridized carbons (Fsp3) is 0.706. The number of unbranched alkanes of at least 4 members (excludes halogenated alkanes) is 2. The van der Waals surface area contributed by atoms with Crippen molar-refractivity contribution >= 4 is 0 Å². The number of aliphatic hydroxyl groups excluding tert-OH is 1. The van der Waals surface area contributed by atoms with Crippen molar-refractivity contribution in [3.05, 3.63) is 58.2 Å². The summed E-state index contributed by atoms with van der Waals surface area (Å²) in [5, 5.41) is 8.65. The number of aliphatic hydroxyl groups is 1. The SMILES string of the molecule is CC.CC.CC(C)=CC1=C(C)CC(C)(C)C1.CCCCC.Cc1ccc(C(C)(C)COCCO)cc1. The zero-order valence-corrected chi connectivity index (χ0v) is 26.9. The average molecular weight is 505 g/mol. The van der Waals surface area contributed by atoms with E-state index in [0.29, 0.717) is 18.6 Å². The van der Waals surface area contributed by atoms with Crippen LogP contribution < -0.4 is 0 Å². The maximum absolute atomic E-state index is 8.65. The molecule has 36 heavy (non-hydrogen) atoms. The van der Waals surface area contributed by atoms with Crippen molar-refractivity contribution in [2.24, 2.45) is 5.41 Å². The first-order chi connectivity index (χ1) is 16.9. The number of allylic oxidation sites excluding steroid dienone is 4. The Labute approximate surface area is 227 Å². The van der Waals surface area contributed by atoms with Crippen molar-refractivity contribution in [3.8, 4) is 0 Å². The molecule has 0 saturated carbocycles. The first-order valence-electron chi connectivity index (χ1n) is 14.5. The Balaban J connectivity index is -0.000000463. The largest absolute Gasteiger partial charge is 0.394 e. The minimum Gasteiger partial charge on any atom is -0.394 e. The van der Waals surface area contributed by atoms with Crippen LogP contribution in [0.5, 0.6) is 0 Å². The molecule has 0 heterocycles. The Kier molecular flexibility index (Phi) is 24.8. The Morgan fingerprint density at radius 3 is 1.78 bits per heavy atom. The predicted octanol–water partition coefficient (Wildman–Crippen LogP) is 10.6. The lowest BCUT2D eigenvalue weighted by Gasteiger charge is -2.25. The molecule has 212 valence electrons. The minimum absolute atomic E-state index is 0.00285. The molecule has 1 N–H and O–H groups in total. The van der Waals surface area contributed by atoms with Crippen LogP contribution in [0, 0.1) is 12.3 Å². The van der Waals surface area contributed by atoms with E-state index >= 15 is 0 Å². The van der Waals surface area contributed by atoms with E-state index in [2.05, 4.69) is 99.6 Å². The highest BCUT2D eigenvalue weighted by Gasteiger charge is 2.27. The van der Waals surface area contributed by atoms with E-state index in [-0.39, 0.29) is 12.0 Å². The highest BCUT2D eigenvalue weighted by molar-refractivity contribution is 5.33. The molecule has 0 unspecified atom stereocenters. The Hall–Kier alpha value is -1.38. The molecule has 0 bridgehead atoms. The third-order valence-corrected chi connectivity index (χ3v) is 5.66. The molecular formula is C34H64O2. The highest BCUT2D eigenvalue weighted by Crippen LogP contribution is 2.41. The van der Waals surface area contributed by atoms with Crippen molar-refractivity contribution in [2.75, 3.05) is 19.8 Å². The fourth-order valence-corrected chi connectivity index (χ4v) is 3.92. The van der Waals surface area contributed by atoms with Gasteiger partial charge in [0, 0.05) is 5.41 Å². The molecule has 1 aliphatic carbocycles. The lowest BCUT2D eigenvalue weighted by atomic mass is 9.85. The van der Waals surface area contributed by atoms with Crippen molar-refractivity contribution in [2.45, 2.75) is 134 Å². The Morgan fingerprint density at radius 1 is 0.944 bits per heavy atom. The molecular weight excluding hydrogens is 440 g/mol. The summed E-state index contributed by atoms with van der Waals surface area (Å²) in [5.74, 6) is 0. The van der Waals surface area contributed by atoms with Gasteiger partial charge in [-0.25, -0.2) is 0 Å². The predicted molar refractivity (Wildman–Crippen MR) is 165 cm³/mol. The molecule has 0 amide bonds. The van der Waals surface area contributed by atoms with Crippen LogP contribution in [-0.4, -0.2) is 24.9 Å². The van der Waals surface area contributed by atoms with Gasteiger partial charge in [-0.2, -0.15) is 0 Å². The van der Waals surface area contributed by atoms with Crippen LogP contribution in [0.4, 0.5) is 0 Å². The van der Waals surface area contributed by atoms with E-state index in [1.807, 2.05) is 27.7 Å². The molecule has 0 radical (unpaired) electrons. The van der Waals surface area contributed by atoms with Crippen molar-refractivity contribution in [1.82, 2.24) is 0 Å². The van der Waals surface area contributed by atoms with Gasteiger partial charge in [-0.3, -0.25) is 0 Å². The normalized spacial score (nSPS) is 13.5. The second kappa shape index (κ2) is 22.8. The van der Waals surface area contributed by atoms with Gasteiger partial charge in [0.15, 0.2) is 0 Å². The molecule has 2 rings (SSSR count). The first kappa shape index (κ1) is 39.1. The van der Waals surface area contributed by atoms with E-state index in [1.54, 1.807) is 11.1 Å². The second-order valence-electron chi connectivity index (χ2n) is 10.9. The smallest absolute Gasteiger partial charge is 0.0698 e. The first-order valence-corrected chi connectivity index (χ1v) is 14.5. The van der Waals surface area contributed by atoms with Gasteiger partial charge in [0.25, 0.3) is 0 Å². The molecule has 0 atom stereocenters.